The predicted molar refractivity (Wildman–Crippen MR) is 111 cm³/mol. The summed E-state index contributed by atoms with van der Waals surface area (Å²) in [5.41, 5.74) is 2.62. The molecule has 0 saturated heterocycles. The summed E-state index contributed by atoms with van der Waals surface area (Å²) in [6.45, 7) is 0.898. The number of benzene rings is 1. The normalized spacial score (nSPS) is 13.9. The molecule has 9 heteroatoms. The maximum atomic E-state index is 12.3. The van der Waals surface area contributed by atoms with Gasteiger partial charge in [0.05, 0.1) is 23.4 Å². The van der Waals surface area contributed by atoms with Crippen molar-refractivity contribution in [3.05, 3.63) is 60.7 Å². The molecule has 2 heterocycles. The summed E-state index contributed by atoms with van der Waals surface area (Å²) in [6.07, 6.45) is 7.13. The van der Waals surface area contributed by atoms with Gasteiger partial charge in [-0.05, 0) is 31.0 Å². The van der Waals surface area contributed by atoms with Crippen LogP contribution < -0.4 is 5.32 Å². The zero-order valence-corrected chi connectivity index (χ0v) is 17.3. The quantitative estimate of drug-likeness (QED) is 0.563. The van der Waals surface area contributed by atoms with E-state index in [2.05, 4.69) is 20.4 Å². The van der Waals surface area contributed by atoms with E-state index in [0.717, 1.165) is 24.2 Å². The largest absolute Gasteiger partial charge is 0.354 e. The third-order valence-corrected chi connectivity index (χ3v) is 6.71. The summed E-state index contributed by atoms with van der Waals surface area (Å²) < 4.78 is 26.5. The zero-order valence-electron chi connectivity index (χ0n) is 16.4. The molecule has 0 atom stereocenters. The van der Waals surface area contributed by atoms with E-state index in [9.17, 15) is 13.2 Å². The Morgan fingerprint density at radius 2 is 1.93 bits per heavy atom. The van der Waals surface area contributed by atoms with E-state index in [1.165, 1.54) is 0 Å². The van der Waals surface area contributed by atoms with E-state index in [0.29, 0.717) is 24.7 Å². The summed E-state index contributed by atoms with van der Waals surface area (Å²) in [7, 11) is -3.46. The SMILES string of the molecule is O=C(CCS(=O)(=O)c1ccccc1)NCCn1nc(-c2cnccn2)cc1C1CC1. The first-order valence-corrected chi connectivity index (χ1v) is 11.6. The van der Waals surface area contributed by atoms with Gasteiger partial charge in [-0.25, -0.2) is 8.42 Å². The number of nitrogens with one attached hydrogen (secondary N) is 1. The van der Waals surface area contributed by atoms with Crippen LogP contribution in [0.15, 0.2) is 59.9 Å². The summed E-state index contributed by atoms with van der Waals surface area (Å²) in [4.78, 5) is 20.8. The standard InChI is InChI=1S/C21H23N5O3S/c27-21(8-13-30(28,29)17-4-2-1-3-5-17)24-11-12-26-20(16-6-7-16)14-18(25-26)19-15-22-9-10-23-19/h1-5,9-10,14-16H,6-8,11-13H2,(H,24,27). The number of amides is 1. The molecule has 1 aromatic carbocycles. The average molecular weight is 426 g/mol. The fourth-order valence-corrected chi connectivity index (χ4v) is 4.50. The molecule has 1 amide bonds. The van der Waals surface area contributed by atoms with Gasteiger partial charge in [0.15, 0.2) is 9.84 Å². The number of hydrogen-bond donors (Lipinski definition) is 1. The summed E-state index contributed by atoms with van der Waals surface area (Å²) in [5.74, 6) is -0.00665. The van der Waals surface area contributed by atoms with Crippen LogP contribution in [0.1, 0.15) is 30.9 Å². The molecule has 1 aliphatic carbocycles. The first-order valence-electron chi connectivity index (χ1n) is 9.91. The smallest absolute Gasteiger partial charge is 0.221 e. The van der Waals surface area contributed by atoms with Crippen LogP contribution in [0.4, 0.5) is 0 Å². The predicted octanol–water partition coefficient (Wildman–Crippen LogP) is 2.20. The molecule has 30 heavy (non-hydrogen) atoms. The highest BCUT2D eigenvalue weighted by Crippen LogP contribution is 2.41. The average Bonchev–Trinajstić information content (AvgIpc) is 3.53. The first kappa shape index (κ1) is 20.2. The molecule has 0 radical (unpaired) electrons. The molecule has 1 aliphatic rings. The Bertz CT molecular complexity index is 1110. The number of nitrogens with zero attached hydrogens (tertiary/aromatic N) is 4. The van der Waals surface area contributed by atoms with E-state index < -0.39 is 9.84 Å². The van der Waals surface area contributed by atoms with Gasteiger partial charge in [0.25, 0.3) is 0 Å². The minimum Gasteiger partial charge on any atom is -0.354 e. The zero-order chi connectivity index (χ0) is 21.0. The van der Waals surface area contributed by atoms with Crippen molar-refractivity contribution in [3.63, 3.8) is 0 Å². The number of carbonyl (C=O) groups is 1. The number of carbonyl (C=O) groups excluding carboxylic acids is 1. The molecule has 2 aromatic heterocycles. The van der Waals surface area contributed by atoms with Crippen molar-refractivity contribution in [2.75, 3.05) is 12.3 Å². The molecule has 8 nitrogen and oxygen atoms in total. The van der Waals surface area contributed by atoms with Gasteiger partial charge in [-0.15, -0.1) is 0 Å². The van der Waals surface area contributed by atoms with E-state index in [1.807, 2.05) is 10.7 Å². The lowest BCUT2D eigenvalue weighted by atomic mass is 10.2. The lowest BCUT2D eigenvalue weighted by molar-refractivity contribution is -0.120. The minimum atomic E-state index is -3.46. The number of rotatable bonds is 9. The summed E-state index contributed by atoms with van der Waals surface area (Å²) in [6, 6.07) is 10.2. The van der Waals surface area contributed by atoms with Gasteiger partial charge in [-0.1, -0.05) is 18.2 Å². The van der Waals surface area contributed by atoms with E-state index in [1.54, 1.807) is 48.9 Å². The highest BCUT2D eigenvalue weighted by atomic mass is 32.2. The van der Waals surface area contributed by atoms with Gasteiger partial charge in [0.1, 0.15) is 11.4 Å². The van der Waals surface area contributed by atoms with Crippen molar-refractivity contribution in [1.29, 1.82) is 0 Å². The highest BCUT2D eigenvalue weighted by molar-refractivity contribution is 7.91. The molecule has 0 aliphatic heterocycles. The van der Waals surface area contributed by atoms with Crippen molar-refractivity contribution < 1.29 is 13.2 Å². The molecular formula is C21H23N5O3S. The van der Waals surface area contributed by atoms with Gasteiger partial charge in [-0.3, -0.25) is 19.4 Å². The Labute approximate surface area is 175 Å². The first-order chi connectivity index (χ1) is 14.5. The lowest BCUT2D eigenvalue weighted by Gasteiger charge is -2.09. The molecular weight excluding hydrogens is 402 g/mol. The molecule has 1 saturated carbocycles. The van der Waals surface area contributed by atoms with Crippen molar-refractivity contribution >= 4 is 15.7 Å². The van der Waals surface area contributed by atoms with E-state index >= 15 is 0 Å². The molecule has 3 aromatic rings. The van der Waals surface area contributed by atoms with Gasteiger partial charge < -0.3 is 5.32 Å². The Morgan fingerprint density at radius 1 is 1.13 bits per heavy atom. The van der Waals surface area contributed by atoms with Gasteiger partial charge >= 0.3 is 0 Å². The van der Waals surface area contributed by atoms with Crippen molar-refractivity contribution in [2.24, 2.45) is 0 Å². The molecule has 1 N–H and O–H groups in total. The van der Waals surface area contributed by atoms with Crippen molar-refractivity contribution in [2.45, 2.75) is 36.6 Å². The maximum absolute atomic E-state index is 12.3. The molecule has 1 fully saturated rings. The van der Waals surface area contributed by atoms with E-state index in [-0.39, 0.29) is 23.0 Å². The molecule has 0 unspecified atom stereocenters. The van der Waals surface area contributed by atoms with Crippen LogP contribution in [0.2, 0.25) is 0 Å². The number of aromatic nitrogens is 4. The lowest BCUT2D eigenvalue weighted by Crippen LogP contribution is -2.29. The fraction of sp³-hybridized carbons (Fsp3) is 0.333. The Hall–Kier alpha value is -3.07. The number of sulfone groups is 1. The summed E-state index contributed by atoms with van der Waals surface area (Å²) >= 11 is 0. The Kier molecular flexibility index (Phi) is 5.89. The van der Waals surface area contributed by atoms with Crippen LogP contribution in [-0.2, 0) is 21.2 Å². The summed E-state index contributed by atoms with van der Waals surface area (Å²) in [5, 5.41) is 7.43. The molecule has 156 valence electrons. The van der Waals surface area contributed by atoms with Crippen LogP contribution in [0, 0.1) is 0 Å². The van der Waals surface area contributed by atoms with Gasteiger partial charge in [0.2, 0.25) is 5.91 Å². The highest BCUT2D eigenvalue weighted by Gasteiger charge is 2.28. The topological polar surface area (TPSA) is 107 Å². The van der Waals surface area contributed by atoms with Gasteiger partial charge in [-0.2, -0.15) is 5.10 Å². The monoisotopic (exact) mass is 425 g/mol. The third-order valence-electron chi connectivity index (χ3n) is 4.98. The van der Waals surface area contributed by atoms with Crippen LogP contribution >= 0.6 is 0 Å². The fourth-order valence-electron chi connectivity index (χ4n) is 3.24. The van der Waals surface area contributed by atoms with Crippen LogP contribution in [0.25, 0.3) is 11.4 Å². The second-order valence-corrected chi connectivity index (χ2v) is 9.38. The third kappa shape index (κ3) is 4.91. The minimum absolute atomic E-state index is 0.0727. The molecule has 4 rings (SSSR count). The molecule has 0 bridgehead atoms. The second-order valence-electron chi connectivity index (χ2n) is 7.27. The van der Waals surface area contributed by atoms with E-state index in [4.69, 9.17) is 0 Å². The number of hydrogen-bond acceptors (Lipinski definition) is 6. The van der Waals surface area contributed by atoms with Gasteiger partial charge in [0, 0.05) is 37.0 Å². The van der Waals surface area contributed by atoms with Crippen molar-refractivity contribution in [1.82, 2.24) is 25.1 Å². The maximum Gasteiger partial charge on any atom is 0.221 e. The van der Waals surface area contributed by atoms with Crippen molar-refractivity contribution in [3.8, 4) is 11.4 Å². The second kappa shape index (κ2) is 8.74. The van der Waals surface area contributed by atoms with Crippen LogP contribution in [0.5, 0.6) is 0 Å². The van der Waals surface area contributed by atoms with Crippen LogP contribution in [-0.4, -0.2) is 46.4 Å². The Balaban J connectivity index is 1.32. The Morgan fingerprint density at radius 3 is 2.63 bits per heavy atom. The molecule has 0 spiro atoms. The van der Waals surface area contributed by atoms with Crippen LogP contribution in [0.3, 0.4) is 0 Å².